The molecule has 4 rings (SSSR count). The van der Waals surface area contributed by atoms with Gasteiger partial charge in [0.05, 0.1) is 18.8 Å². The van der Waals surface area contributed by atoms with Gasteiger partial charge in [0.25, 0.3) is 0 Å². The number of methoxy groups -OCH3 is 1. The number of fused-ring (bicyclic) bond motifs is 1. The fourth-order valence-corrected chi connectivity index (χ4v) is 4.03. The molecule has 0 aromatic heterocycles. The predicted molar refractivity (Wildman–Crippen MR) is 118 cm³/mol. The first-order valence-corrected chi connectivity index (χ1v) is 10.2. The van der Waals surface area contributed by atoms with Crippen LogP contribution < -0.4 is 15.4 Å². The summed E-state index contributed by atoms with van der Waals surface area (Å²) in [4.78, 5) is 15.1. The molecule has 1 heterocycles. The number of likely N-dealkylation sites (tertiary alicyclic amines) is 1. The van der Waals surface area contributed by atoms with Crippen molar-refractivity contribution in [2.24, 2.45) is 0 Å². The molecule has 0 aliphatic carbocycles. The lowest BCUT2D eigenvalue weighted by Gasteiger charge is -2.28. The van der Waals surface area contributed by atoms with Gasteiger partial charge in [-0.3, -0.25) is 4.90 Å². The third kappa shape index (κ3) is 4.51. The van der Waals surface area contributed by atoms with E-state index >= 15 is 0 Å². The molecular formula is C24H27N3O2. The Bertz CT molecular complexity index is 960. The first kappa shape index (κ1) is 19.3. The largest absolute Gasteiger partial charge is 0.497 e. The summed E-state index contributed by atoms with van der Waals surface area (Å²) in [6.45, 7) is 2.68. The average Bonchev–Trinajstić information content (AvgIpc) is 3.29. The number of hydrogen-bond donors (Lipinski definition) is 2. The summed E-state index contributed by atoms with van der Waals surface area (Å²) in [5.74, 6) is 0.843. The zero-order valence-electron chi connectivity index (χ0n) is 16.7. The minimum atomic E-state index is -0.181. The molecule has 2 amide bonds. The molecule has 1 atom stereocenters. The maximum absolute atomic E-state index is 12.6. The second-order valence-electron chi connectivity index (χ2n) is 7.39. The maximum atomic E-state index is 12.6. The minimum absolute atomic E-state index is 0.154. The zero-order valence-corrected chi connectivity index (χ0v) is 16.7. The highest BCUT2D eigenvalue weighted by atomic mass is 16.5. The molecule has 150 valence electrons. The van der Waals surface area contributed by atoms with Crippen LogP contribution in [-0.4, -0.2) is 37.7 Å². The van der Waals surface area contributed by atoms with Gasteiger partial charge in [-0.1, -0.05) is 48.5 Å². The van der Waals surface area contributed by atoms with Crippen molar-refractivity contribution in [2.45, 2.75) is 18.9 Å². The van der Waals surface area contributed by atoms with Crippen LogP contribution in [0.15, 0.2) is 66.7 Å². The van der Waals surface area contributed by atoms with Gasteiger partial charge in [0.15, 0.2) is 0 Å². The van der Waals surface area contributed by atoms with E-state index in [4.69, 9.17) is 4.74 Å². The summed E-state index contributed by atoms with van der Waals surface area (Å²) < 4.78 is 5.28. The number of amides is 2. The van der Waals surface area contributed by atoms with E-state index < -0.39 is 0 Å². The van der Waals surface area contributed by atoms with Crippen LogP contribution in [0.4, 0.5) is 10.5 Å². The third-order valence-electron chi connectivity index (χ3n) is 5.58. The number of nitrogens with zero attached hydrogens (tertiary/aromatic N) is 1. The Hall–Kier alpha value is -3.05. The van der Waals surface area contributed by atoms with Gasteiger partial charge in [-0.25, -0.2) is 4.79 Å². The normalized spacial score (nSPS) is 15.2. The van der Waals surface area contributed by atoms with Crippen molar-refractivity contribution in [3.05, 3.63) is 72.3 Å². The summed E-state index contributed by atoms with van der Waals surface area (Å²) in [5, 5.41) is 8.24. The predicted octanol–water partition coefficient (Wildman–Crippen LogP) is 4.81. The van der Waals surface area contributed by atoms with Crippen LogP contribution >= 0.6 is 0 Å². The molecule has 5 nitrogen and oxygen atoms in total. The molecule has 1 fully saturated rings. The first-order chi connectivity index (χ1) is 14.2. The van der Waals surface area contributed by atoms with Crippen molar-refractivity contribution in [1.29, 1.82) is 0 Å². The summed E-state index contributed by atoms with van der Waals surface area (Å²) in [7, 11) is 1.67. The highest BCUT2D eigenvalue weighted by Gasteiger charge is 2.24. The summed E-state index contributed by atoms with van der Waals surface area (Å²) in [5.41, 5.74) is 2.01. The van der Waals surface area contributed by atoms with Crippen LogP contribution in [-0.2, 0) is 0 Å². The Morgan fingerprint density at radius 2 is 1.72 bits per heavy atom. The number of carbonyl (C=O) groups excluding carboxylic acids is 1. The lowest BCUT2D eigenvalue weighted by molar-refractivity contribution is 0.227. The topological polar surface area (TPSA) is 53.6 Å². The van der Waals surface area contributed by atoms with Gasteiger partial charge in [0, 0.05) is 11.9 Å². The standard InChI is InChI=1S/C24H27N3O2/c1-29-20-13-11-19(12-14-20)23(27-15-4-5-16-27)17-25-24(28)26-22-10-6-8-18-7-2-3-9-21(18)22/h2-3,6-14,23H,4-5,15-17H2,1H3,(H2,25,26,28)/t23-/m1/s1. The molecular weight excluding hydrogens is 362 g/mol. The van der Waals surface area contributed by atoms with Gasteiger partial charge in [0.1, 0.15) is 5.75 Å². The number of anilines is 1. The van der Waals surface area contributed by atoms with E-state index in [1.807, 2.05) is 54.6 Å². The molecule has 3 aromatic rings. The first-order valence-electron chi connectivity index (χ1n) is 10.2. The van der Waals surface area contributed by atoms with Gasteiger partial charge in [-0.05, 0) is 55.1 Å². The van der Waals surface area contributed by atoms with Crippen LogP contribution in [0.25, 0.3) is 10.8 Å². The lowest BCUT2D eigenvalue weighted by atomic mass is 10.1. The fraction of sp³-hybridized carbons (Fsp3) is 0.292. The Morgan fingerprint density at radius 3 is 2.48 bits per heavy atom. The molecule has 0 unspecified atom stereocenters. The van der Waals surface area contributed by atoms with E-state index in [-0.39, 0.29) is 12.1 Å². The number of urea groups is 1. The summed E-state index contributed by atoms with van der Waals surface area (Å²) in [6, 6.07) is 22.1. The average molecular weight is 389 g/mol. The molecule has 0 bridgehead atoms. The van der Waals surface area contributed by atoms with Crippen LogP contribution in [0.2, 0.25) is 0 Å². The molecule has 0 spiro atoms. The number of ether oxygens (including phenoxy) is 1. The van der Waals surface area contributed by atoms with Gasteiger partial charge < -0.3 is 15.4 Å². The Balaban J connectivity index is 1.45. The molecule has 3 aromatic carbocycles. The van der Waals surface area contributed by atoms with Gasteiger partial charge >= 0.3 is 6.03 Å². The quantitative estimate of drug-likeness (QED) is 0.636. The van der Waals surface area contributed by atoms with E-state index in [0.29, 0.717) is 6.54 Å². The third-order valence-corrected chi connectivity index (χ3v) is 5.58. The highest BCUT2D eigenvalue weighted by Crippen LogP contribution is 2.27. The van der Waals surface area contributed by atoms with Gasteiger partial charge in [0.2, 0.25) is 0 Å². The number of hydrogen-bond acceptors (Lipinski definition) is 3. The van der Waals surface area contributed by atoms with Crippen LogP contribution in [0, 0.1) is 0 Å². The highest BCUT2D eigenvalue weighted by molar-refractivity contribution is 6.01. The number of carbonyl (C=O) groups is 1. The van der Waals surface area contributed by atoms with E-state index in [0.717, 1.165) is 35.3 Å². The van der Waals surface area contributed by atoms with Crippen molar-refractivity contribution in [2.75, 3.05) is 32.1 Å². The molecule has 1 aliphatic rings. The lowest BCUT2D eigenvalue weighted by Crippen LogP contribution is -2.38. The van der Waals surface area contributed by atoms with Crippen LogP contribution in [0.1, 0.15) is 24.4 Å². The molecule has 0 radical (unpaired) electrons. The van der Waals surface area contributed by atoms with Crippen molar-refractivity contribution < 1.29 is 9.53 Å². The van der Waals surface area contributed by atoms with Crippen molar-refractivity contribution in [1.82, 2.24) is 10.2 Å². The Kier molecular flexibility index (Phi) is 5.96. The van der Waals surface area contributed by atoms with E-state index in [1.54, 1.807) is 7.11 Å². The zero-order chi connectivity index (χ0) is 20.1. The van der Waals surface area contributed by atoms with E-state index in [2.05, 4.69) is 27.7 Å². The maximum Gasteiger partial charge on any atom is 0.319 e. The molecule has 29 heavy (non-hydrogen) atoms. The molecule has 2 N–H and O–H groups in total. The van der Waals surface area contributed by atoms with E-state index in [1.165, 1.54) is 18.4 Å². The van der Waals surface area contributed by atoms with Gasteiger partial charge in [-0.2, -0.15) is 0 Å². The Labute approximate surface area is 171 Å². The van der Waals surface area contributed by atoms with Crippen LogP contribution in [0.3, 0.4) is 0 Å². The van der Waals surface area contributed by atoms with Crippen molar-refractivity contribution in [3.63, 3.8) is 0 Å². The smallest absolute Gasteiger partial charge is 0.319 e. The van der Waals surface area contributed by atoms with Crippen molar-refractivity contribution >= 4 is 22.5 Å². The second-order valence-corrected chi connectivity index (χ2v) is 7.39. The Morgan fingerprint density at radius 1 is 1.00 bits per heavy atom. The second kappa shape index (κ2) is 8.97. The molecule has 5 heteroatoms. The molecule has 1 saturated heterocycles. The SMILES string of the molecule is COc1ccc([C@@H](CNC(=O)Nc2cccc3ccccc23)N2CCCC2)cc1. The number of nitrogens with one attached hydrogen (secondary N) is 2. The summed E-state index contributed by atoms with van der Waals surface area (Å²) in [6.07, 6.45) is 2.41. The monoisotopic (exact) mass is 389 g/mol. The van der Waals surface area contributed by atoms with E-state index in [9.17, 15) is 4.79 Å². The number of benzene rings is 3. The fourth-order valence-electron chi connectivity index (χ4n) is 4.03. The molecule has 1 aliphatic heterocycles. The molecule has 0 saturated carbocycles. The van der Waals surface area contributed by atoms with Crippen molar-refractivity contribution in [3.8, 4) is 5.75 Å². The number of rotatable bonds is 6. The van der Waals surface area contributed by atoms with Gasteiger partial charge in [-0.15, -0.1) is 0 Å². The summed E-state index contributed by atoms with van der Waals surface area (Å²) >= 11 is 0. The van der Waals surface area contributed by atoms with Crippen LogP contribution in [0.5, 0.6) is 5.75 Å². The minimum Gasteiger partial charge on any atom is -0.497 e.